The van der Waals surface area contributed by atoms with Crippen LogP contribution in [0.1, 0.15) is 29.3 Å². The molecule has 0 aliphatic carbocycles. The summed E-state index contributed by atoms with van der Waals surface area (Å²) in [6.45, 7) is 2.06. The minimum absolute atomic E-state index is 0. The summed E-state index contributed by atoms with van der Waals surface area (Å²) in [4.78, 5) is 4.33. The predicted octanol–water partition coefficient (Wildman–Crippen LogP) is -2.97. The van der Waals surface area contributed by atoms with Gasteiger partial charge in [-0.25, -0.2) is 0 Å². The Morgan fingerprint density at radius 1 is 1.17 bits per heavy atom. The van der Waals surface area contributed by atoms with Crippen LogP contribution in [0.2, 0.25) is 0 Å². The van der Waals surface area contributed by atoms with Crippen LogP contribution in [0, 0.1) is 12.3 Å². The Balaban J connectivity index is 0.00000176. The number of hydrogen-bond donors (Lipinski definition) is 1. The first kappa shape index (κ1) is 23.1. The smallest absolute Gasteiger partial charge is 1.00 e. The SMILES string of the molecule is Cc1ccc(C2CC(c3ccccn3)=NN2C(=N)[S-])cc1.[Au+3].[Cl-].[Cl-]. The van der Waals surface area contributed by atoms with Crippen LogP contribution in [-0.2, 0) is 35.0 Å². The Hall–Kier alpha value is -0.950. The summed E-state index contributed by atoms with van der Waals surface area (Å²) < 4.78 is 0. The number of aromatic nitrogens is 1. The van der Waals surface area contributed by atoms with Gasteiger partial charge >= 0.3 is 22.4 Å². The summed E-state index contributed by atoms with van der Waals surface area (Å²) in [7, 11) is 0. The number of rotatable bonds is 2. The number of aryl methyl sites for hydroxylation is 1. The van der Waals surface area contributed by atoms with Gasteiger partial charge in [-0.15, -0.1) is 0 Å². The maximum absolute atomic E-state index is 7.78. The van der Waals surface area contributed by atoms with Crippen molar-refractivity contribution in [2.75, 3.05) is 0 Å². The van der Waals surface area contributed by atoms with E-state index in [1.54, 1.807) is 11.2 Å². The summed E-state index contributed by atoms with van der Waals surface area (Å²) in [5, 5.41) is 13.9. The molecule has 1 unspecified atom stereocenters. The molecule has 0 fully saturated rings. The zero-order valence-electron chi connectivity index (χ0n) is 12.7. The summed E-state index contributed by atoms with van der Waals surface area (Å²) in [6.07, 6.45) is 2.46. The topological polar surface area (TPSA) is 52.3 Å². The van der Waals surface area contributed by atoms with Gasteiger partial charge in [-0.05, 0) is 29.8 Å². The molecule has 1 atom stereocenters. The first-order chi connectivity index (χ1) is 10.1. The summed E-state index contributed by atoms with van der Waals surface area (Å²) >= 11 is 5.03. The number of pyridine rings is 1. The van der Waals surface area contributed by atoms with Gasteiger partial charge in [0.1, 0.15) is 0 Å². The van der Waals surface area contributed by atoms with E-state index >= 15 is 0 Å². The van der Waals surface area contributed by atoms with E-state index in [0.29, 0.717) is 6.42 Å². The van der Waals surface area contributed by atoms with E-state index in [1.165, 1.54) is 5.56 Å². The normalized spacial score (nSPS) is 15.5. The number of nitrogens with one attached hydrogen (secondary N) is 1. The molecule has 130 valence electrons. The molecular weight excluding hydrogens is 548 g/mol. The molecule has 0 saturated carbocycles. The predicted molar refractivity (Wildman–Crippen MR) is 86.2 cm³/mol. The molecule has 0 spiro atoms. The molecule has 24 heavy (non-hydrogen) atoms. The zero-order valence-corrected chi connectivity index (χ0v) is 17.2. The third-order valence-electron chi connectivity index (χ3n) is 3.54. The quantitative estimate of drug-likeness (QED) is 0.184. The zero-order chi connectivity index (χ0) is 14.8. The van der Waals surface area contributed by atoms with Crippen LogP contribution in [0.5, 0.6) is 0 Å². The van der Waals surface area contributed by atoms with Crippen LogP contribution in [-0.4, -0.2) is 20.9 Å². The average Bonchev–Trinajstić information content (AvgIpc) is 2.94. The number of hydrazone groups is 1. The van der Waals surface area contributed by atoms with E-state index < -0.39 is 0 Å². The first-order valence-electron chi connectivity index (χ1n) is 6.75. The third kappa shape index (κ3) is 5.02. The monoisotopic (exact) mass is 562 g/mol. The van der Waals surface area contributed by atoms with Crippen molar-refractivity contribution in [3.05, 3.63) is 65.5 Å². The van der Waals surface area contributed by atoms with Crippen LogP contribution in [0.4, 0.5) is 0 Å². The summed E-state index contributed by atoms with van der Waals surface area (Å²) in [5.41, 5.74) is 4.04. The summed E-state index contributed by atoms with van der Waals surface area (Å²) in [5.74, 6) is 0. The van der Waals surface area contributed by atoms with E-state index in [2.05, 4.69) is 41.3 Å². The molecule has 1 N–H and O–H groups in total. The molecule has 3 rings (SSSR count). The Morgan fingerprint density at radius 3 is 2.38 bits per heavy atom. The Kier molecular flexibility index (Phi) is 9.73. The molecule has 2 aromatic rings. The van der Waals surface area contributed by atoms with Gasteiger partial charge in [-0.3, -0.25) is 9.99 Å². The Bertz CT molecular complexity index is 695. The van der Waals surface area contributed by atoms with Gasteiger partial charge in [-0.2, -0.15) is 5.10 Å². The van der Waals surface area contributed by atoms with Gasteiger partial charge in [0.25, 0.3) is 0 Å². The molecule has 1 aliphatic rings. The molecule has 0 amide bonds. The fraction of sp³-hybridized carbons (Fsp3) is 0.188. The third-order valence-corrected chi connectivity index (χ3v) is 3.73. The van der Waals surface area contributed by atoms with Crippen LogP contribution in [0.3, 0.4) is 0 Å². The van der Waals surface area contributed by atoms with Gasteiger partial charge in [-0.1, -0.05) is 35.9 Å². The van der Waals surface area contributed by atoms with Crippen molar-refractivity contribution in [2.24, 2.45) is 5.10 Å². The second-order valence-electron chi connectivity index (χ2n) is 5.04. The minimum Gasteiger partial charge on any atom is -1.00 e. The molecule has 2 heterocycles. The van der Waals surface area contributed by atoms with Gasteiger partial charge in [0, 0.05) is 12.6 Å². The molecule has 4 nitrogen and oxygen atoms in total. The fourth-order valence-corrected chi connectivity index (χ4v) is 2.60. The van der Waals surface area contributed by atoms with Crippen molar-refractivity contribution in [1.29, 1.82) is 5.41 Å². The second-order valence-corrected chi connectivity index (χ2v) is 5.43. The summed E-state index contributed by atoms with van der Waals surface area (Å²) in [6, 6.07) is 14.0. The van der Waals surface area contributed by atoms with Crippen LogP contribution < -0.4 is 24.8 Å². The van der Waals surface area contributed by atoms with Gasteiger partial charge in [0.2, 0.25) is 0 Å². The van der Waals surface area contributed by atoms with Crippen molar-refractivity contribution in [1.82, 2.24) is 9.99 Å². The van der Waals surface area contributed by atoms with Crippen LogP contribution in [0.15, 0.2) is 53.8 Å². The fourth-order valence-electron chi connectivity index (χ4n) is 2.43. The standard InChI is InChI=1S/C16H16N4S.Au.2ClH/c1-11-5-7-12(8-6-11)15-10-14(19-20(15)16(17)21)13-4-2-3-9-18-13;;;/h2-9,15H,10H2,1H3,(H2,17,21);;2*1H/q;+3;;/p-3. The number of benzene rings is 1. The molecule has 0 radical (unpaired) electrons. The van der Waals surface area contributed by atoms with Crippen molar-refractivity contribution in [2.45, 2.75) is 19.4 Å². The van der Waals surface area contributed by atoms with Gasteiger partial charge < -0.3 is 42.9 Å². The second kappa shape index (κ2) is 10.1. The molecule has 0 saturated heterocycles. The van der Waals surface area contributed by atoms with E-state index in [4.69, 9.17) is 18.0 Å². The number of nitrogens with zero attached hydrogens (tertiary/aromatic N) is 3. The Labute approximate surface area is 175 Å². The molecular formula is C16H15AuCl2N4S. The largest absolute Gasteiger partial charge is 3.00 e. The maximum Gasteiger partial charge on any atom is 3.00 e. The minimum atomic E-state index is -0.0207. The van der Waals surface area contributed by atoms with Crippen LogP contribution in [0.25, 0.3) is 0 Å². The van der Waals surface area contributed by atoms with Crippen molar-refractivity contribution >= 4 is 23.5 Å². The van der Waals surface area contributed by atoms with Crippen molar-refractivity contribution in [3.8, 4) is 0 Å². The van der Waals surface area contributed by atoms with E-state index in [9.17, 15) is 0 Å². The van der Waals surface area contributed by atoms with Crippen molar-refractivity contribution < 1.29 is 47.2 Å². The molecule has 8 heteroatoms. The maximum atomic E-state index is 7.78. The number of hydrogen-bond acceptors (Lipinski definition) is 4. The van der Waals surface area contributed by atoms with E-state index in [1.807, 2.05) is 18.2 Å². The average molecular weight is 563 g/mol. The number of amidine groups is 1. The molecule has 1 aromatic heterocycles. The van der Waals surface area contributed by atoms with E-state index in [0.717, 1.165) is 17.0 Å². The number of halogens is 2. The molecule has 1 aliphatic heterocycles. The van der Waals surface area contributed by atoms with Crippen molar-refractivity contribution in [3.63, 3.8) is 0 Å². The Morgan fingerprint density at radius 2 is 1.83 bits per heavy atom. The molecule has 0 bridgehead atoms. The van der Waals surface area contributed by atoms with Gasteiger partial charge in [0.15, 0.2) is 0 Å². The first-order valence-corrected chi connectivity index (χ1v) is 7.16. The molecule has 1 aromatic carbocycles. The van der Waals surface area contributed by atoms with Gasteiger partial charge in [0.05, 0.1) is 17.4 Å². The van der Waals surface area contributed by atoms with E-state index in [-0.39, 0.29) is 58.4 Å². The van der Waals surface area contributed by atoms with Crippen LogP contribution >= 0.6 is 0 Å².